The zero-order chi connectivity index (χ0) is 12.0. The molecule has 0 aliphatic heterocycles. The minimum absolute atomic E-state index is 0.176. The first-order valence-electron chi connectivity index (χ1n) is 4.82. The zero-order valence-corrected chi connectivity index (χ0v) is 9.91. The van der Waals surface area contributed by atoms with E-state index in [-0.39, 0.29) is 11.5 Å². The predicted octanol–water partition coefficient (Wildman–Crippen LogP) is 2.56. The molecule has 1 aromatic rings. The number of ether oxygens (including phenoxy) is 1. The van der Waals surface area contributed by atoms with Crippen molar-refractivity contribution in [3.63, 3.8) is 0 Å². The number of allylic oxidation sites excluding steroid dienone is 1. The summed E-state index contributed by atoms with van der Waals surface area (Å²) in [5.74, 6) is 0.348. The van der Waals surface area contributed by atoms with Gasteiger partial charge in [0.25, 0.3) is 0 Å². The van der Waals surface area contributed by atoms with Gasteiger partial charge in [0.2, 0.25) is 9.84 Å². The Labute approximate surface area is 96.0 Å². The number of hydrogen-bond donors (Lipinski definition) is 0. The van der Waals surface area contributed by atoms with Gasteiger partial charge in [0, 0.05) is 5.41 Å². The van der Waals surface area contributed by atoms with E-state index in [1.807, 2.05) is 0 Å². The molecule has 0 N–H and O–H groups in total. The smallest absolute Gasteiger partial charge is 0.203 e. The van der Waals surface area contributed by atoms with E-state index < -0.39 is 9.84 Å². The summed E-state index contributed by atoms with van der Waals surface area (Å²) in [7, 11) is -3.41. The van der Waals surface area contributed by atoms with Gasteiger partial charge in [-0.25, -0.2) is 8.42 Å². The van der Waals surface area contributed by atoms with Crippen LogP contribution in [0.25, 0.3) is 0 Å². The molecule has 0 fully saturated rings. The van der Waals surface area contributed by atoms with E-state index in [1.54, 1.807) is 31.2 Å². The van der Waals surface area contributed by atoms with Crippen LogP contribution in [0.4, 0.5) is 0 Å². The Hall–Kier alpha value is -1.55. The van der Waals surface area contributed by atoms with Gasteiger partial charge in [-0.1, -0.05) is 30.9 Å². The van der Waals surface area contributed by atoms with Crippen LogP contribution in [0.2, 0.25) is 0 Å². The van der Waals surface area contributed by atoms with Crippen LogP contribution in [-0.2, 0) is 9.84 Å². The molecule has 0 amide bonds. The van der Waals surface area contributed by atoms with Crippen LogP contribution in [0.1, 0.15) is 6.92 Å². The van der Waals surface area contributed by atoms with Crippen molar-refractivity contribution in [2.45, 2.75) is 11.8 Å². The lowest BCUT2D eigenvalue weighted by molar-refractivity contribution is 0.353. The van der Waals surface area contributed by atoms with Gasteiger partial charge in [-0.3, -0.25) is 0 Å². The van der Waals surface area contributed by atoms with Crippen LogP contribution in [0.15, 0.2) is 53.3 Å². The maximum absolute atomic E-state index is 11.8. The van der Waals surface area contributed by atoms with Gasteiger partial charge in [-0.05, 0) is 19.1 Å². The molecule has 0 aliphatic carbocycles. The Morgan fingerprint density at radius 3 is 2.69 bits per heavy atom. The van der Waals surface area contributed by atoms with E-state index >= 15 is 0 Å². The molecule has 0 spiro atoms. The van der Waals surface area contributed by atoms with E-state index in [0.717, 1.165) is 5.41 Å². The normalized spacial score (nSPS) is 11.6. The monoisotopic (exact) mass is 238 g/mol. The lowest BCUT2D eigenvalue weighted by atomic mass is 10.3. The molecule has 0 saturated heterocycles. The van der Waals surface area contributed by atoms with E-state index in [4.69, 9.17) is 4.74 Å². The fraction of sp³-hybridized carbons (Fsp3) is 0.167. The first kappa shape index (κ1) is 12.5. The minimum Gasteiger partial charge on any atom is -0.488 e. The summed E-state index contributed by atoms with van der Waals surface area (Å²) >= 11 is 0. The maximum Gasteiger partial charge on any atom is 0.203 e. The summed E-state index contributed by atoms with van der Waals surface area (Å²) in [5.41, 5.74) is 0. The highest BCUT2D eigenvalue weighted by atomic mass is 32.2. The molecule has 1 rings (SSSR count). The molecule has 0 radical (unpaired) electrons. The largest absolute Gasteiger partial charge is 0.488 e. The third-order valence-electron chi connectivity index (χ3n) is 1.83. The van der Waals surface area contributed by atoms with Gasteiger partial charge in [-0.15, -0.1) is 0 Å². The van der Waals surface area contributed by atoms with Crippen molar-refractivity contribution in [1.29, 1.82) is 0 Å². The number of rotatable bonds is 5. The highest BCUT2D eigenvalue weighted by molar-refractivity contribution is 7.94. The van der Waals surface area contributed by atoms with Gasteiger partial charge in [0.1, 0.15) is 17.3 Å². The lowest BCUT2D eigenvalue weighted by Crippen LogP contribution is -2.02. The molecule has 0 aliphatic rings. The second-order valence-corrected chi connectivity index (χ2v) is 4.86. The molecule has 16 heavy (non-hydrogen) atoms. The number of para-hydroxylation sites is 1. The van der Waals surface area contributed by atoms with Gasteiger partial charge in [0.15, 0.2) is 0 Å². The van der Waals surface area contributed by atoms with Crippen molar-refractivity contribution in [2.75, 3.05) is 6.61 Å². The van der Waals surface area contributed by atoms with Crippen molar-refractivity contribution < 1.29 is 13.2 Å². The van der Waals surface area contributed by atoms with E-state index in [2.05, 4.69) is 6.58 Å². The summed E-state index contributed by atoms with van der Waals surface area (Å²) in [5, 5.41) is 1.16. The lowest BCUT2D eigenvalue weighted by Gasteiger charge is -2.08. The van der Waals surface area contributed by atoms with Crippen molar-refractivity contribution in [3.05, 3.63) is 48.4 Å². The van der Waals surface area contributed by atoms with Gasteiger partial charge in [0.05, 0.1) is 0 Å². The molecule has 0 saturated carbocycles. The summed E-state index contributed by atoms with van der Waals surface area (Å²) in [6.45, 7) is 5.45. The summed E-state index contributed by atoms with van der Waals surface area (Å²) in [6.07, 6.45) is 3.05. The van der Waals surface area contributed by atoms with Crippen molar-refractivity contribution >= 4 is 9.84 Å². The molecular formula is C12H14O3S. The topological polar surface area (TPSA) is 43.4 Å². The first-order chi connectivity index (χ1) is 7.61. The second-order valence-electron chi connectivity index (χ2n) is 3.06. The molecule has 3 nitrogen and oxygen atoms in total. The second kappa shape index (κ2) is 5.51. The summed E-state index contributed by atoms with van der Waals surface area (Å²) < 4.78 is 28.9. The van der Waals surface area contributed by atoms with Crippen LogP contribution < -0.4 is 4.74 Å². The Morgan fingerprint density at radius 1 is 1.38 bits per heavy atom. The highest BCUT2D eigenvalue weighted by Crippen LogP contribution is 2.24. The van der Waals surface area contributed by atoms with Crippen molar-refractivity contribution in [3.8, 4) is 5.75 Å². The van der Waals surface area contributed by atoms with Crippen LogP contribution in [0, 0.1) is 0 Å². The molecule has 0 aromatic heterocycles. The highest BCUT2D eigenvalue weighted by Gasteiger charge is 2.15. The average Bonchev–Trinajstić information content (AvgIpc) is 2.26. The number of benzene rings is 1. The SMILES string of the molecule is C=CCOc1ccccc1S(=O)(=O)C=CC. The van der Waals surface area contributed by atoms with Gasteiger partial charge in [-0.2, -0.15) is 0 Å². The molecule has 1 aromatic carbocycles. The van der Waals surface area contributed by atoms with Crippen LogP contribution in [0.5, 0.6) is 5.75 Å². The molecule has 4 heteroatoms. The Morgan fingerprint density at radius 2 is 2.06 bits per heavy atom. The van der Waals surface area contributed by atoms with Crippen molar-refractivity contribution in [1.82, 2.24) is 0 Å². The fourth-order valence-electron chi connectivity index (χ4n) is 1.21. The number of sulfone groups is 1. The van der Waals surface area contributed by atoms with Gasteiger partial charge >= 0.3 is 0 Å². The van der Waals surface area contributed by atoms with Gasteiger partial charge < -0.3 is 4.74 Å². The van der Waals surface area contributed by atoms with E-state index in [0.29, 0.717) is 5.75 Å². The Bertz CT molecular complexity index is 487. The molecule has 86 valence electrons. The standard InChI is InChI=1S/C12H14O3S/c1-3-9-15-11-7-5-6-8-12(11)16(13,14)10-4-2/h3-8,10H,1,9H2,2H3. The third-order valence-corrected chi connectivity index (χ3v) is 3.41. The quantitative estimate of drug-likeness (QED) is 0.740. The maximum atomic E-state index is 11.8. The van der Waals surface area contributed by atoms with E-state index in [9.17, 15) is 8.42 Å². The number of hydrogen-bond acceptors (Lipinski definition) is 3. The molecular weight excluding hydrogens is 224 g/mol. The molecule has 0 bridgehead atoms. The first-order valence-corrected chi connectivity index (χ1v) is 6.37. The molecule has 0 unspecified atom stereocenters. The average molecular weight is 238 g/mol. The zero-order valence-electron chi connectivity index (χ0n) is 9.09. The fourth-order valence-corrected chi connectivity index (χ4v) is 2.39. The van der Waals surface area contributed by atoms with Crippen LogP contribution in [0.3, 0.4) is 0 Å². The van der Waals surface area contributed by atoms with Crippen LogP contribution >= 0.6 is 0 Å². The Balaban J connectivity index is 3.17. The summed E-state index contributed by atoms with van der Waals surface area (Å²) in [4.78, 5) is 0.176. The van der Waals surface area contributed by atoms with E-state index in [1.165, 1.54) is 12.1 Å². The molecule has 0 atom stereocenters. The Kier molecular flexibility index (Phi) is 4.31. The molecule has 0 heterocycles. The summed E-state index contributed by atoms with van der Waals surface area (Å²) in [6, 6.07) is 6.54. The minimum atomic E-state index is -3.41. The predicted molar refractivity (Wildman–Crippen MR) is 64.1 cm³/mol. The van der Waals surface area contributed by atoms with Crippen LogP contribution in [-0.4, -0.2) is 15.0 Å². The van der Waals surface area contributed by atoms with Crippen molar-refractivity contribution in [2.24, 2.45) is 0 Å². The third kappa shape index (κ3) is 2.97.